The third kappa shape index (κ3) is 0.433. The third-order valence-electron chi connectivity index (χ3n) is 1.43. The molecule has 0 radical (unpaired) electrons. The molecule has 0 saturated carbocycles. The van der Waals surface area contributed by atoms with Crippen molar-refractivity contribution in [2.75, 3.05) is 0 Å². The Bertz CT molecular complexity index is 256. The number of nitrogens with zero attached hydrogens (tertiary/aromatic N) is 4. The predicted octanol–water partition coefficient (Wildman–Crippen LogP) is -0.834. The molecular formula is C4H6N5O+. The summed E-state index contributed by atoms with van der Waals surface area (Å²) in [4.78, 5) is 7.52. The first-order chi connectivity index (χ1) is 4.73. The molecule has 10 heavy (non-hydrogen) atoms. The number of hydroxylamine groups is 1. The highest BCUT2D eigenvalue weighted by atomic mass is 16.6. The van der Waals surface area contributed by atoms with Crippen molar-refractivity contribution >= 4 is 12.7 Å². The van der Waals surface area contributed by atoms with Crippen LogP contribution in [-0.2, 0) is 0 Å². The maximum absolute atomic E-state index is 9.06. The van der Waals surface area contributed by atoms with E-state index < -0.39 is 0 Å². The van der Waals surface area contributed by atoms with Crippen LogP contribution in [0.4, 0.5) is 0 Å². The van der Waals surface area contributed by atoms with Crippen LogP contribution in [0, 0.1) is 0 Å². The van der Waals surface area contributed by atoms with Gasteiger partial charge < -0.3 is 0 Å². The van der Waals surface area contributed by atoms with Gasteiger partial charge in [0.1, 0.15) is 6.20 Å². The Morgan fingerprint density at radius 2 is 2.50 bits per heavy atom. The Morgan fingerprint density at radius 3 is 3.20 bits per heavy atom. The third-order valence-corrected chi connectivity index (χ3v) is 1.43. The Morgan fingerprint density at radius 1 is 1.70 bits per heavy atom. The van der Waals surface area contributed by atoms with Gasteiger partial charge in [0.15, 0.2) is 6.34 Å². The van der Waals surface area contributed by atoms with Gasteiger partial charge in [-0.1, -0.05) is 5.17 Å². The molecule has 0 aromatic carbocycles. The molecule has 3 N–H and O–H groups in total. The summed E-state index contributed by atoms with van der Waals surface area (Å²) in [5.74, 6) is 6.08. The fraction of sp³-hybridized carbons (Fsp3) is 0. The first kappa shape index (κ1) is 5.54. The molecule has 0 aliphatic carbocycles. The number of hydrogen-bond donors (Lipinski definition) is 2. The van der Waals surface area contributed by atoms with E-state index in [2.05, 4.69) is 9.98 Å². The minimum Gasteiger partial charge on any atom is -0.241 e. The van der Waals surface area contributed by atoms with E-state index >= 15 is 0 Å². The van der Waals surface area contributed by atoms with Crippen LogP contribution in [0.1, 0.15) is 0 Å². The van der Waals surface area contributed by atoms with Crippen LogP contribution in [0.15, 0.2) is 22.0 Å². The lowest BCUT2D eigenvalue weighted by Crippen LogP contribution is -2.57. The van der Waals surface area contributed by atoms with Crippen molar-refractivity contribution < 1.29 is 9.91 Å². The summed E-state index contributed by atoms with van der Waals surface area (Å²) in [6.45, 7) is 0. The van der Waals surface area contributed by atoms with Gasteiger partial charge in [-0.05, 0) is 4.70 Å². The van der Waals surface area contributed by atoms with E-state index in [1.165, 1.54) is 18.9 Å². The van der Waals surface area contributed by atoms with Crippen molar-refractivity contribution in [1.82, 2.24) is 5.17 Å². The molecule has 1 atom stereocenters. The molecule has 2 rings (SSSR count). The maximum atomic E-state index is 9.06. The van der Waals surface area contributed by atoms with E-state index in [4.69, 9.17) is 11.0 Å². The van der Waals surface area contributed by atoms with Crippen molar-refractivity contribution in [2.45, 2.75) is 0 Å². The maximum Gasteiger partial charge on any atom is 0.301 e. The average molecular weight is 140 g/mol. The highest BCUT2D eigenvalue weighted by Gasteiger charge is 2.42. The lowest BCUT2D eigenvalue weighted by Gasteiger charge is -2.21. The van der Waals surface area contributed by atoms with E-state index in [1.807, 2.05) is 0 Å². The molecule has 2 aliphatic rings. The number of quaternary nitrogens is 1. The highest BCUT2D eigenvalue weighted by molar-refractivity contribution is 5.62. The van der Waals surface area contributed by atoms with Crippen LogP contribution >= 0.6 is 0 Å². The first-order valence-corrected chi connectivity index (χ1v) is 2.69. The van der Waals surface area contributed by atoms with Crippen molar-refractivity contribution in [3.8, 4) is 0 Å². The minimum atomic E-state index is -0.361. The molecule has 2 heterocycles. The van der Waals surface area contributed by atoms with Crippen molar-refractivity contribution in [1.29, 1.82) is 0 Å². The highest BCUT2D eigenvalue weighted by Crippen LogP contribution is 2.21. The molecule has 0 aromatic heterocycles. The van der Waals surface area contributed by atoms with Gasteiger partial charge in [-0.3, -0.25) is 0 Å². The lowest BCUT2D eigenvalue weighted by molar-refractivity contribution is -0.947. The van der Waals surface area contributed by atoms with Crippen molar-refractivity contribution in [3.05, 3.63) is 12.0 Å². The molecule has 0 bridgehead atoms. The molecule has 6 nitrogen and oxygen atoms in total. The van der Waals surface area contributed by atoms with Gasteiger partial charge in [0.25, 0.3) is 0 Å². The van der Waals surface area contributed by atoms with Gasteiger partial charge in [-0.25, -0.2) is 5.21 Å². The second-order valence-electron chi connectivity index (χ2n) is 2.06. The van der Waals surface area contributed by atoms with Crippen LogP contribution in [0.2, 0.25) is 0 Å². The van der Waals surface area contributed by atoms with E-state index in [-0.39, 0.29) is 4.70 Å². The molecular weight excluding hydrogens is 134 g/mol. The lowest BCUT2D eigenvalue weighted by atomic mass is 10.7. The van der Waals surface area contributed by atoms with Gasteiger partial charge >= 0.3 is 5.82 Å². The van der Waals surface area contributed by atoms with Gasteiger partial charge in [0, 0.05) is 0 Å². The van der Waals surface area contributed by atoms with Gasteiger partial charge in [-0.15, -0.1) is 5.84 Å². The first-order valence-electron chi connectivity index (χ1n) is 2.69. The quantitative estimate of drug-likeness (QED) is 0.340. The molecule has 0 saturated heterocycles. The summed E-state index contributed by atoms with van der Waals surface area (Å²) in [6.07, 6.45) is 4.10. The number of nitrogens with two attached hydrogens (primary N) is 1. The van der Waals surface area contributed by atoms with E-state index in [0.717, 1.165) is 5.17 Å². The topological polar surface area (TPSA) is 74.2 Å². The number of fused-ring (bicyclic) bond motifs is 1. The number of aliphatic imine (C=N–C) groups is 2. The Labute approximate surface area is 56.7 Å². The van der Waals surface area contributed by atoms with Crippen molar-refractivity contribution in [3.63, 3.8) is 0 Å². The van der Waals surface area contributed by atoms with Gasteiger partial charge in [-0.2, -0.15) is 9.98 Å². The predicted molar refractivity (Wildman–Crippen MR) is 33.1 cm³/mol. The summed E-state index contributed by atoms with van der Waals surface area (Å²) in [5.41, 5.74) is 0. The van der Waals surface area contributed by atoms with Gasteiger partial charge in [0.2, 0.25) is 6.34 Å². The van der Waals surface area contributed by atoms with E-state index in [0.29, 0.717) is 5.82 Å². The number of hydrogen-bond acceptors (Lipinski definition) is 5. The standard InChI is InChI=1S/C4H6N5O/c5-9-3-6-1-4(9)7-2-8(9)10/h1-3,10H,5H2/q+1. The molecule has 0 spiro atoms. The van der Waals surface area contributed by atoms with Crippen LogP contribution < -0.4 is 5.84 Å². The monoisotopic (exact) mass is 140 g/mol. The fourth-order valence-corrected chi connectivity index (χ4v) is 0.833. The summed E-state index contributed by atoms with van der Waals surface area (Å²) in [6, 6.07) is 0. The van der Waals surface area contributed by atoms with Crippen LogP contribution in [0.5, 0.6) is 0 Å². The number of rotatable bonds is 0. The Balaban J connectivity index is 2.48. The Kier molecular flexibility index (Phi) is 0.791. The molecule has 2 aliphatic heterocycles. The molecule has 0 amide bonds. The molecule has 52 valence electrons. The largest absolute Gasteiger partial charge is 0.301 e. The van der Waals surface area contributed by atoms with Crippen LogP contribution in [0.25, 0.3) is 0 Å². The van der Waals surface area contributed by atoms with Crippen LogP contribution in [-0.4, -0.2) is 27.8 Å². The smallest absolute Gasteiger partial charge is 0.241 e. The molecule has 6 heteroatoms. The van der Waals surface area contributed by atoms with E-state index in [1.54, 1.807) is 0 Å². The SMILES string of the molecule is N[N+]12C=NC=C1N=CN2O. The molecule has 0 aromatic rings. The zero-order valence-electron chi connectivity index (χ0n) is 5.05. The summed E-state index contributed by atoms with van der Waals surface area (Å²) < 4.78 is -0.361. The summed E-state index contributed by atoms with van der Waals surface area (Å²) in [5, 5.41) is 9.82. The minimum absolute atomic E-state index is 0.361. The van der Waals surface area contributed by atoms with Gasteiger partial charge in [0.05, 0.1) is 0 Å². The fourth-order valence-electron chi connectivity index (χ4n) is 0.833. The van der Waals surface area contributed by atoms with Crippen LogP contribution in [0.3, 0.4) is 0 Å². The second-order valence-corrected chi connectivity index (χ2v) is 2.06. The average Bonchev–Trinajstić information content (AvgIpc) is 2.36. The van der Waals surface area contributed by atoms with Crippen molar-refractivity contribution in [2.24, 2.45) is 15.8 Å². The zero-order chi connectivity index (χ0) is 7.19. The zero-order valence-corrected chi connectivity index (χ0v) is 5.05. The normalized spacial score (nSPS) is 35.0. The Hall–Kier alpha value is -1.24. The second kappa shape index (κ2) is 1.43. The summed E-state index contributed by atoms with van der Waals surface area (Å²) in [7, 11) is 0. The van der Waals surface area contributed by atoms with E-state index in [9.17, 15) is 0 Å². The summed E-state index contributed by atoms with van der Waals surface area (Å²) >= 11 is 0. The molecule has 1 unspecified atom stereocenters. The molecule has 0 fully saturated rings.